The van der Waals surface area contributed by atoms with Crippen molar-refractivity contribution in [2.45, 2.75) is 6.54 Å². The highest BCUT2D eigenvalue weighted by Gasteiger charge is 2.07. The van der Waals surface area contributed by atoms with Gasteiger partial charge in [-0.2, -0.15) is 0 Å². The van der Waals surface area contributed by atoms with E-state index in [9.17, 15) is 9.18 Å². The zero-order chi connectivity index (χ0) is 13.0. The Morgan fingerprint density at radius 1 is 1.28 bits per heavy atom. The number of hydrogen-bond donors (Lipinski definition) is 1. The third kappa shape index (κ3) is 3.13. The standard InChI is InChI=1S/C13H10BrFN2O/c14-10-5-6-12(16-8-10)13(18)17-7-9-3-1-2-4-11(9)15/h1-6,8H,7H2,(H,17,18). The normalized spacial score (nSPS) is 10.1. The zero-order valence-corrected chi connectivity index (χ0v) is 10.9. The van der Waals surface area contributed by atoms with E-state index in [2.05, 4.69) is 26.2 Å². The summed E-state index contributed by atoms with van der Waals surface area (Å²) >= 11 is 3.24. The molecule has 0 saturated heterocycles. The van der Waals surface area contributed by atoms with Crippen LogP contribution in [0.25, 0.3) is 0 Å². The Balaban J connectivity index is 2.01. The van der Waals surface area contributed by atoms with Crippen molar-refractivity contribution in [1.82, 2.24) is 10.3 Å². The lowest BCUT2D eigenvalue weighted by Gasteiger charge is -2.05. The molecule has 1 aromatic heterocycles. The van der Waals surface area contributed by atoms with Gasteiger partial charge in [-0.3, -0.25) is 4.79 Å². The molecule has 0 atom stereocenters. The zero-order valence-electron chi connectivity index (χ0n) is 9.36. The van der Waals surface area contributed by atoms with Gasteiger partial charge in [-0.1, -0.05) is 18.2 Å². The average Bonchev–Trinajstić information content (AvgIpc) is 2.38. The van der Waals surface area contributed by atoms with Gasteiger partial charge in [0.25, 0.3) is 5.91 Å². The number of pyridine rings is 1. The molecule has 0 saturated carbocycles. The summed E-state index contributed by atoms with van der Waals surface area (Å²) in [7, 11) is 0. The Bertz CT molecular complexity index is 557. The van der Waals surface area contributed by atoms with E-state index in [1.54, 1.807) is 30.3 Å². The maximum Gasteiger partial charge on any atom is 0.270 e. The molecule has 0 fully saturated rings. The minimum absolute atomic E-state index is 0.142. The van der Waals surface area contributed by atoms with Gasteiger partial charge in [0, 0.05) is 22.8 Å². The second-order valence-corrected chi connectivity index (χ2v) is 4.55. The van der Waals surface area contributed by atoms with E-state index in [0.717, 1.165) is 4.47 Å². The van der Waals surface area contributed by atoms with Crippen LogP contribution in [0.4, 0.5) is 4.39 Å². The molecule has 1 amide bonds. The molecule has 0 bridgehead atoms. The maximum atomic E-state index is 13.3. The molecule has 0 aliphatic rings. The number of nitrogens with one attached hydrogen (secondary N) is 1. The molecule has 1 N–H and O–H groups in total. The second-order valence-electron chi connectivity index (χ2n) is 3.64. The molecule has 2 aromatic rings. The van der Waals surface area contributed by atoms with Gasteiger partial charge in [-0.05, 0) is 34.1 Å². The van der Waals surface area contributed by atoms with E-state index < -0.39 is 0 Å². The highest BCUT2D eigenvalue weighted by atomic mass is 79.9. The van der Waals surface area contributed by atoms with Crippen LogP contribution < -0.4 is 5.32 Å². The number of nitrogens with zero attached hydrogens (tertiary/aromatic N) is 1. The molecule has 1 aromatic carbocycles. The van der Waals surface area contributed by atoms with Gasteiger partial charge in [-0.25, -0.2) is 9.37 Å². The van der Waals surface area contributed by atoms with Crippen molar-refractivity contribution in [3.05, 3.63) is 64.1 Å². The van der Waals surface area contributed by atoms with Gasteiger partial charge >= 0.3 is 0 Å². The fourth-order valence-corrected chi connectivity index (χ4v) is 1.65. The molecule has 18 heavy (non-hydrogen) atoms. The predicted molar refractivity (Wildman–Crippen MR) is 69.5 cm³/mol. The first-order valence-electron chi connectivity index (χ1n) is 5.30. The highest BCUT2D eigenvalue weighted by molar-refractivity contribution is 9.10. The number of carbonyl (C=O) groups excluding carboxylic acids is 1. The van der Waals surface area contributed by atoms with E-state index in [1.807, 2.05) is 0 Å². The Morgan fingerprint density at radius 2 is 2.06 bits per heavy atom. The molecule has 92 valence electrons. The fraction of sp³-hybridized carbons (Fsp3) is 0.0769. The monoisotopic (exact) mass is 308 g/mol. The van der Waals surface area contributed by atoms with Crippen LogP contribution in [0.1, 0.15) is 16.1 Å². The molecule has 5 heteroatoms. The smallest absolute Gasteiger partial charge is 0.270 e. The largest absolute Gasteiger partial charge is 0.347 e. The highest BCUT2D eigenvalue weighted by Crippen LogP contribution is 2.08. The number of carbonyl (C=O) groups is 1. The first-order valence-corrected chi connectivity index (χ1v) is 6.09. The molecule has 0 aliphatic carbocycles. The Hall–Kier alpha value is -1.75. The molecular formula is C13H10BrFN2O. The minimum atomic E-state index is -0.332. The topological polar surface area (TPSA) is 42.0 Å². The molecule has 1 heterocycles. The molecular weight excluding hydrogens is 299 g/mol. The summed E-state index contributed by atoms with van der Waals surface area (Å²) in [6.07, 6.45) is 1.54. The first kappa shape index (κ1) is 12.7. The van der Waals surface area contributed by atoms with Crippen LogP contribution in [0.3, 0.4) is 0 Å². The van der Waals surface area contributed by atoms with Crippen molar-refractivity contribution >= 4 is 21.8 Å². The van der Waals surface area contributed by atoms with Gasteiger partial charge in [0.1, 0.15) is 11.5 Å². The summed E-state index contributed by atoms with van der Waals surface area (Å²) in [5.41, 5.74) is 0.748. The van der Waals surface area contributed by atoms with Gasteiger partial charge in [-0.15, -0.1) is 0 Å². The number of hydrogen-bond acceptors (Lipinski definition) is 2. The van der Waals surface area contributed by atoms with Gasteiger partial charge in [0.2, 0.25) is 0 Å². The first-order chi connectivity index (χ1) is 8.66. The molecule has 0 radical (unpaired) electrons. The molecule has 0 spiro atoms. The van der Waals surface area contributed by atoms with E-state index in [-0.39, 0.29) is 18.3 Å². The number of amides is 1. The number of benzene rings is 1. The Labute approximate surface area is 112 Å². The van der Waals surface area contributed by atoms with Gasteiger partial charge in [0.05, 0.1) is 0 Å². The van der Waals surface area contributed by atoms with Gasteiger partial charge in [0.15, 0.2) is 0 Å². The quantitative estimate of drug-likeness (QED) is 0.947. The molecule has 0 aliphatic heterocycles. The summed E-state index contributed by atoms with van der Waals surface area (Å²) in [5.74, 6) is -0.660. The van der Waals surface area contributed by atoms with Crippen LogP contribution in [0.15, 0.2) is 47.1 Å². The van der Waals surface area contributed by atoms with Gasteiger partial charge < -0.3 is 5.32 Å². The molecule has 3 nitrogen and oxygen atoms in total. The number of rotatable bonds is 3. The fourth-order valence-electron chi connectivity index (χ4n) is 1.42. The summed E-state index contributed by atoms with van der Waals surface area (Å²) in [6.45, 7) is 0.142. The summed E-state index contributed by atoms with van der Waals surface area (Å²) in [6, 6.07) is 9.65. The van der Waals surface area contributed by atoms with Crippen molar-refractivity contribution in [2.75, 3.05) is 0 Å². The van der Waals surface area contributed by atoms with Crippen LogP contribution in [-0.2, 0) is 6.54 Å². The lowest BCUT2D eigenvalue weighted by molar-refractivity contribution is 0.0945. The van der Waals surface area contributed by atoms with E-state index in [4.69, 9.17) is 0 Å². The molecule has 2 rings (SSSR count). The third-order valence-corrected chi connectivity index (χ3v) is 2.83. The summed E-state index contributed by atoms with van der Waals surface area (Å²) < 4.78 is 14.1. The van der Waals surface area contributed by atoms with Crippen molar-refractivity contribution in [3.63, 3.8) is 0 Å². The van der Waals surface area contributed by atoms with Crippen LogP contribution in [0, 0.1) is 5.82 Å². The van der Waals surface area contributed by atoms with E-state index in [1.165, 1.54) is 12.3 Å². The van der Waals surface area contributed by atoms with Crippen LogP contribution in [0.5, 0.6) is 0 Å². The van der Waals surface area contributed by atoms with Crippen LogP contribution >= 0.6 is 15.9 Å². The number of aromatic nitrogens is 1. The SMILES string of the molecule is O=C(NCc1ccccc1F)c1ccc(Br)cn1. The summed E-state index contributed by atoms with van der Waals surface area (Å²) in [4.78, 5) is 15.7. The predicted octanol–water partition coefficient (Wildman–Crippen LogP) is 2.91. The van der Waals surface area contributed by atoms with Crippen molar-refractivity contribution in [2.24, 2.45) is 0 Å². The van der Waals surface area contributed by atoms with Crippen molar-refractivity contribution in [3.8, 4) is 0 Å². The second kappa shape index (κ2) is 5.73. The maximum absolute atomic E-state index is 13.3. The Kier molecular flexibility index (Phi) is 4.04. The molecule has 0 unspecified atom stereocenters. The average molecular weight is 309 g/mol. The lowest BCUT2D eigenvalue weighted by Crippen LogP contribution is -2.24. The number of halogens is 2. The van der Waals surface area contributed by atoms with Crippen molar-refractivity contribution < 1.29 is 9.18 Å². The van der Waals surface area contributed by atoms with Crippen molar-refractivity contribution in [1.29, 1.82) is 0 Å². The van der Waals surface area contributed by atoms with Crippen LogP contribution in [-0.4, -0.2) is 10.9 Å². The minimum Gasteiger partial charge on any atom is -0.347 e. The Morgan fingerprint density at radius 3 is 2.72 bits per heavy atom. The summed E-state index contributed by atoms with van der Waals surface area (Å²) in [5, 5.41) is 2.62. The lowest BCUT2D eigenvalue weighted by atomic mass is 10.2. The van der Waals surface area contributed by atoms with Crippen LogP contribution in [0.2, 0.25) is 0 Å². The third-order valence-electron chi connectivity index (χ3n) is 2.36. The van der Waals surface area contributed by atoms with E-state index >= 15 is 0 Å². The van der Waals surface area contributed by atoms with E-state index in [0.29, 0.717) is 11.3 Å².